The highest BCUT2D eigenvalue weighted by atomic mass is 35.5. The van der Waals surface area contributed by atoms with E-state index in [9.17, 15) is 18.4 Å². The number of aromatic nitrogens is 2. The summed E-state index contributed by atoms with van der Waals surface area (Å²) in [6.07, 6.45) is -1.16. The summed E-state index contributed by atoms with van der Waals surface area (Å²) in [7, 11) is 0. The van der Waals surface area contributed by atoms with Gasteiger partial charge < -0.3 is 9.47 Å². The van der Waals surface area contributed by atoms with Gasteiger partial charge in [-0.25, -0.2) is 14.4 Å². The Hall–Kier alpha value is -3.04. The second kappa shape index (κ2) is 7.09. The summed E-state index contributed by atoms with van der Waals surface area (Å²) in [6, 6.07) is 6.74. The number of ether oxygens (including phenoxy) is 2. The molecule has 0 unspecified atom stereocenters. The van der Waals surface area contributed by atoms with E-state index in [0.29, 0.717) is 11.1 Å². The van der Waals surface area contributed by atoms with Gasteiger partial charge in [-0.15, -0.1) is 8.78 Å². The highest BCUT2D eigenvalue weighted by Gasteiger charge is 2.43. The fraction of sp³-hybridized carbons (Fsp3) is 0.158. The molecule has 1 aromatic heterocycles. The third-order valence-electron chi connectivity index (χ3n) is 4.30. The number of alkyl halides is 2. The molecule has 0 atom stereocenters. The lowest BCUT2D eigenvalue weighted by Crippen LogP contribution is -2.25. The molecule has 1 N–H and O–H groups in total. The van der Waals surface area contributed by atoms with Crippen LogP contribution in [-0.4, -0.2) is 21.5 Å². The summed E-state index contributed by atoms with van der Waals surface area (Å²) >= 11 is 6.13. The van der Waals surface area contributed by atoms with Crippen molar-refractivity contribution < 1.29 is 27.9 Å². The number of hydroxylamine groups is 1. The highest BCUT2D eigenvalue weighted by molar-refractivity contribution is 6.33. The summed E-state index contributed by atoms with van der Waals surface area (Å²) < 4.78 is 48.6. The minimum atomic E-state index is -3.76. The summed E-state index contributed by atoms with van der Waals surface area (Å²) in [6.45, 7) is 1.79. The van der Waals surface area contributed by atoms with Crippen molar-refractivity contribution in [3.05, 3.63) is 64.7 Å². The predicted molar refractivity (Wildman–Crippen MR) is 97.8 cm³/mol. The molecule has 6 nitrogen and oxygen atoms in total. The Morgan fingerprint density at radius 2 is 1.83 bits per heavy atom. The average molecular weight is 424 g/mol. The minimum Gasteiger partial charge on any atom is -0.395 e. The van der Waals surface area contributed by atoms with E-state index >= 15 is 0 Å². The van der Waals surface area contributed by atoms with Crippen molar-refractivity contribution in [2.75, 3.05) is 5.06 Å². The molecule has 0 saturated carbocycles. The largest absolute Gasteiger partial charge is 0.586 e. The Bertz CT molecular complexity index is 1080. The van der Waals surface area contributed by atoms with Crippen LogP contribution in [0.5, 0.6) is 11.5 Å². The third-order valence-corrected chi connectivity index (χ3v) is 4.61. The van der Waals surface area contributed by atoms with Crippen molar-refractivity contribution >= 4 is 17.4 Å². The lowest BCUT2D eigenvalue weighted by Gasteiger charge is -2.17. The topological polar surface area (TPSA) is 67.7 Å². The first-order valence-electron chi connectivity index (χ1n) is 8.35. The number of nitrogens with zero attached hydrogens (tertiary/aromatic N) is 3. The lowest BCUT2D eigenvalue weighted by atomic mass is 10.1. The molecule has 0 radical (unpaired) electrons. The molecule has 0 bridgehead atoms. The summed E-state index contributed by atoms with van der Waals surface area (Å²) in [5, 5.41) is 11.2. The Kier molecular flexibility index (Phi) is 4.71. The van der Waals surface area contributed by atoms with Gasteiger partial charge in [0.1, 0.15) is 5.82 Å². The number of halogens is 4. The third kappa shape index (κ3) is 3.92. The summed E-state index contributed by atoms with van der Waals surface area (Å²) in [4.78, 5) is 8.28. The van der Waals surface area contributed by atoms with E-state index in [1.807, 2.05) is 0 Å². The molecule has 0 saturated heterocycles. The van der Waals surface area contributed by atoms with Gasteiger partial charge in [-0.2, -0.15) is 0 Å². The SMILES string of the molecule is Cc1ccc(F)cc1CN(O)c1cnc(-c2cc3c(cc2Cl)OC(F)(F)O3)cn1. The van der Waals surface area contributed by atoms with Gasteiger partial charge in [0.25, 0.3) is 0 Å². The van der Waals surface area contributed by atoms with Gasteiger partial charge in [-0.3, -0.25) is 10.2 Å². The smallest absolute Gasteiger partial charge is 0.395 e. The number of aryl methyl sites for hydroxylation is 1. The molecule has 0 amide bonds. The van der Waals surface area contributed by atoms with Crippen LogP contribution in [0.3, 0.4) is 0 Å². The molecule has 1 aliphatic heterocycles. The molecular formula is C19H13ClF3N3O3. The van der Waals surface area contributed by atoms with Gasteiger partial charge in [-0.1, -0.05) is 17.7 Å². The highest BCUT2D eigenvalue weighted by Crippen LogP contribution is 2.45. The van der Waals surface area contributed by atoms with E-state index in [1.165, 1.54) is 36.7 Å². The molecule has 0 aliphatic carbocycles. The van der Waals surface area contributed by atoms with E-state index in [4.69, 9.17) is 11.6 Å². The first-order valence-corrected chi connectivity index (χ1v) is 8.73. The van der Waals surface area contributed by atoms with Crippen molar-refractivity contribution in [2.45, 2.75) is 19.8 Å². The number of anilines is 1. The van der Waals surface area contributed by atoms with Crippen LogP contribution in [-0.2, 0) is 6.54 Å². The van der Waals surface area contributed by atoms with Crippen LogP contribution in [0.4, 0.5) is 19.0 Å². The Morgan fingerprint density at radius 3 is 2.52 bits per heavy atom. The zero-order chi connectivity index (χ0) is 20.8. The number of hydrogen-bond acceptors (Lipinski definition) is 6. The van der Waals surface area contributed by atoms with Crippen LogP contribution < -0.4 is 14.5 Å². The van der Waals surface area contributed by atoms with Crippen molar-refractivity contribution in [2.24, 2.45) is 0 Å². The van der Waals surface area contributed by atoms with Crippen molar-refractivity contribution in [1.29, 1.82) is 0 Å². The Labute approximate surface area is 168 Å². The second-order valence-electron chi connectivity index (χ2n) is 6.33. The van der Waals surface area contributed by atoms with Gasteiger partial charge in [-0.05, 0) is 36.2 Å². The summed E-state index contributed by atoms with van der Waals surface area (Å²) in [5.74, 6) is -0.657. The number of benzene rings is 2. The van der Waals surface area contributed by atoms with Gasteiger partial charge >= 0.3 is 6.29 Å². The molecule has 2 aromatic carbocycles. The fourth-order valence-corrected chi connectivity index (χ4v) is 3.06. The molecule has 3 aromatic rings. The molecule has 0 spiro atoms. The van der Waals surface area contributed by atoms with Crippen LogP contribution in [0.25, 0.3) is 11.3 Å². The molecule has 150 valence electrons. The lowest BCUT2D eigenvalue weighted by molar-refractivity contribution is -0.286. The Balaban J connectivity index is 1.56. The second-order valence-corrected chi connectivity index (χ2v) is 6.74. The van der Waals surface area contributed by atoms with Crippen molar-refractivity contribution in [3.63, 3.8) is 0 Å². The van der Waals surface area contributed by atoms with Crippen LogP contribution in [0.1, 0.15) is 11.1 Å². The Morgan fingerprint density at radius 1 is 1.10 bits per heavy atom. The van der Waals surface area contributed by atoms with E-state index in [-0.39, 0.29) is 34.6 Å². The van der Waals surface area contributed by atoms with E-state index < -0.39 is 12.1 Å². The maximum Gasteiger partial charge on any atom is 0.586 e. The van der Waals surface area contributed by atoms with Gasteiger partial charge in [0.15, 0.2) is 17.3 Å². The molecule has 0 fully saturated rings. The van der Waals surface area contributed by atoms with Gasteiger partial charge in [0.2, 0.25) is 0 Å². The van der Waals surface area contributed by atoms with Crippen molar-refractivity contribution in [1.82, 2.24) is 9.97 Å². The zero-order valence-corrected chi connectivity index (χ0v) is 15.6. The molecular weight excluding hydrogens is 411 g/mol. The molecule has 1 aliphatic rings. The van der Waals surface area contributed by atoms with Crippen LogP contribution >= 0.6 is 11.6 Å². The molecule has 4 rings (SSSR count). The molecule has 10 heteroatoms. The fourth-order valence-electron chi connectivity index (χ4n) is 2.81. The van der Waals surface area contributed by atoms with Crippen LogP contribution in [0.2, 0.25) is 5.02 Å². The maximum atomic E-state index is 13.4. The standard InChI is InChI=1S/C19H13ClF3N3O3/c1-10-2-3-12(21)4-11(10)9-26(27)18-8-24-15(7-25-18)13-5-16-17(6-14(13)20)29-19(22,23)28-16/h2-8,27H,9H2,1H3. The maximum absolute atomic E-state index is 13.4. The number of rotatable bonds is 4. The van der Waals surface area contributed by atoms with E-state index in [0.717, 1.165) is 10.6 Å². The van der Waals surface area contributed by atoms with E-state index in [2.05, 4.69) is 19.4 Å². The summed E-state index contributed by atoms with van der Waals surface area (Å²) in [5.41, 5.74) is 1.96. The zero-order valence-electron chi connectivity index (χ0n) is 14.9. The molecule has 2 heterocycles. The monoisotopic (exact) mass is 423 g/mol. The van der Waals surface area contributed by atoms with E-state index in [1.54, 1.807) is 13.0 Å². The predicted octanol–water partition coefficient (Wildman–Crippen LogP) is 4.96. The van der Waals surface area contributed by atoms with Gasteiger partial charge in [0.05, 0.1) is 29.7 Å². The average Bonchev–Trinajstić information content (AvgIpc) is 2.97. The van der Waals surface area contributed by atoms with Gasteiger partial charge in [0, 0.05) is 11.6 Å². The minimum absolute atomic E-state index is 0.00250. The molecule has 29 heavy (non-hydrogen) atoms. The van der Waals surface area contributed by atoms with Crippen LogP contribution in [0.15, 0.2) is 42.7 Å². The normalized spacial score (nSPS) is 14.1. The first-order chi connectivity index (χ1) is 13.7. The number of fused-ring (bicyclic) bond motifs is 1. The van der Waals surface area contributed by atoms with Crippen molar-refractivity contribution in [3.8, 4) is 22.8 Å². The quantitative estimate of drug-likeness (QED) is 0.598. The number of hydrogen-bond donors (Lipinski definition) is 1. The first kappa shape index (κ1) is 19.3. The van der Waals surface area contributed by atoms with Crippen LogP contribution in [0, 0.1) is 12.7 Å².